The molecule has 0 bridgehead atoms. The summed E-state index contributed by atoms with van der Waals surface area (Å²) in [6, 6.07) is 5.33. The molecule has 1 atom stereocenters. The van der Waals surface area contributed by atoms with Crippen molar-refractivity contribution in [1.82, 2.24) is 4.98 Å². The smallest absolute Gasteiger partial charge is 0.313 e. The van der Waals surface area contributed by atoms with Crippen molar-refractivity contribution in [2.24, 2.45) is 0 Å². The van der Waals surface area contributed by atoms with Crippen LogP contribution in [0.15, 0.2) is 30.9 Å². The van der Waals surface area contributed by atoms with Crippen LogP contribution in [0.3, 0.4) is 0 Å². The molecule has 5 heteroatoms. The van der Waals surface area contributed by atoms with Gasteiger partial charge in [-0.1, -0.05) is 29.3 Å². The number of hydrogen-bond acceptors (Lipinski definition) is 3. The van der Waals surface area contributed by atoms with E-state index in [2.05, 4.69) is 11.6 Å². The Balaban J connectivity index is 2.65. The van der Waals surface area contributed by atoms with Crippen molar-refractivity contribution >= 4 is 40.1 Å². The second-order valence-corrected chi connectivity index (χ2v) is 5.73. The number of nitrogens with zero attached hydrogens (tertiary/aromatic N) is 1. The van der Waals surface area contributed by atoms with Gasteiger partial charge < -0.3 is 4.74 Å². The van der Waals surface area contributed by atoms with Gasteiger partial charge >= 0.3 is 5.97 Å². The van der Waals surface area contributed by atoms with Crippen molar-refractivity contribution in [3.8, 4) is 0 Å². The Labute approximate surface area is 139 Å². The average Bonchev–Trinajstić information content (AvgIpc) is 2.47. The summed E-state index contributed by atoms with van der Waals surface area (Å²) in [5, 5.41) is 1.79. The van der Waals surface area contributed by atoms with Crippen molar-refractivity contribution in [2.75, 3.05) is 6.61 Å². The van der Waals surface area contributed by atoms with Gasteiger partial charge in [0, 0.05) is 21.7 Å². The lowest BCUT2D eigenvalue weighted by Gasteiger charge is -2.19. The number of pyridine rings is 1. The number of benzene rings is 1. The Hall–Kier alpha value is -1.58. The van der Waals surface area contributed by atoms with Crippen molar-refractivity contribution in [1.29, 1.82) is 0 Å². The molecule has 0 spiro atoms. The van der Waals surface area contributed by atoms with E-state index in [1.165, 1.54) is 0 Å². The third-order valence-corrected chi connectivity index (χ3v) is 4.07. The highest BCUT2D eigenvalue weighted by molar-refractivity contribution is 6.37. The first-order valence-electron chi connectivity index (χ1n) is 7.02. The SMILES string of the molecule is C=CCC(C(=O)OCC)c1c(C)nc2ccc(Cl)cc2c1Cl. The molecule has 0 aliphatic carbocycles. The summed E-state index contributed by atoms with van der Waals surface area (Å²) in [4.78, 5) is 16.8. The second-order valence-electron chi connectivity index (χ2n) is 4.92. The fraction of sp³-hybridized carbons (Fsp3) is 0.294. The van der Waals surface area contributed by atoms with E-state index in [0.29, 0.717) is 34.3 Å². The molecule has 0 fully saturated rings. The van der Waals surface area contributed by atoms with Crippen LogP contribution in [0.1, 0.15) is 30.5 Å². The highest BCUT2D eigenvalue weighted by Crippen LogP contribution is 2.36. The number of rotatable bonds is 5. The van der Waals surface area contributed by atoms with Gasteiger partial charge in [-0.05, 0) is 38.5 Å². The summed E-state index contributed by atoms with van der Waals surface area (Å²) in [5.41, 5.74) is 2.13. The number of ether oxygens (including phenoxy) is 1. The van der Waals surface area contributed by atoms with Crippen LogP contribution in [-0.4, -0.2) is 17.6 Å². The summed E-state index contributed by atoms with van der Waals surface area (Å²) in [6.07, 6.45) is 2.12. The minimum absolute atomic E-state index is 0.315. The van der Waals surface area contributed by atoms with E-state index in [-0.39, 0.29) is 5.97 Å². The van der Waals surface area contributed by atoms with Gasteiger partial charge in [-0.25, -0.2) is 0 Å². The minimum atomic E-state index is -0.513. The maximum absolute atomic E-state index is 12.3. The first kappa shape index (κ1) is 16.8. The van der Waals surface area contributed by atoms with Crippen LogP contribution in [0.2, 0.25) is 10.0 Å². The topological polar surface area (TPSA) is 39.2 Å². The van der Waals surface area contributed by atoms with Crippen LogP contribution in [-0.2, 0) is 9.53 Å². The molecule has 1 unspecified atom stereocenters. The van der Waals surface area contributed by atoms with Gasteiger partial charge in [0.15, 0.2) is 0 Å². The minimum Gasteiger partial charge on any atom is -0.466 e. The van der Waals surface area contributed by atoms with E-state index in [4.69, 9.17) is 27.9 Å². The Morgan fingerprint density at radius 1 is 1.45 bits per heavy atom. The lowest BCUT2D eigenvalue weighted by Crippen LogP contribution is -2.17. The molecule has 0 aliphatic rings. The van der Waals surface area contributed by atoms with E-state index in [1.54, 1.807) is 25.1 Å². The van der Waals surface area contributed by atoms with Crippen LogP contribution in [0, 0.1) is 6.92 Å². The van der Waals surface area contributed by atoms with Gasteiger partial charge in [0.25, 0.3) is 0 Å². The monoisotopic (exact) mass is 337 g/mol. The Kier molecular flexibility index (Phi) is 5.43. The summed E-state index contributed by atoms with van der Waals surface area (Å²) in [7, 11) is 0. The predicted molar refractivity (Wildman–Crippen MR) is 90.7 cm³/mol. The van der Waals surface area contributed by atoms with Crippen LogP contribution < -0.4 is 0 Å². The lowest BCUT2D eigenvalue weighted by atomic mass is 9.93. The van der Waals surface area contributed by atoms with E-state index in [0.717, 1.165) is 10.9 Å². The van der Waals surface area contributed by atoms with Crippen molar-refractivity contribution in [3.63, 3.8) is 0 Å². The first-order chi connectivity index (χ1) is 10.5. The number of aromatic nitrogens is 1. The van der Waals surface area contributed by atoms with Gasteiger partial charge in [0.05, 0.1) is 23.1 Å². The summed E-state index contributed by atoms with van der Waals surface area (Å²) >= 11 is 12.6. The predicted octanol–water partition coefficient (Wildman–Crippen LogP) is 5.07. The molecular weight excluding hydrogens is 321 g/mol. The highest BCUT2D eigenvalue weighted by Gasteiger charge is 2.26. The molecule has 0 amide bonds. The van der Waals surface area contributed by atoms with Crippen molar-refractivity contribution in [3.05, 3.63) is 52.2 Å². The summed E-state index contributed by atoms with van der Waals surface area (Å²) < 4.78 is 5.16. The second kappa shape index (κ2) is 7.12. The molecule has 0 radical (unpaired) electrons. The molecular formula is C17H17Cl2NO2. The van der Waals surface area contributed by atoms with Crippen molar-refractivity contribution in [2.45, 2.75) is 26.2 Å². The summed E-state index contributed by atoms with van der Waals surface area (Å²) in [6.45, 7) is 7.64. The fourth-order valence-corrected chi connectivity index (χ4v) is 3.06. The molecule has 1 aromatic carbocycles. The zero-order valence-electron chi connectivity index (χ0n) is 12.5. The standard InChI is InChI=1S/C17H17Cl2NO2/c1-4-6-12(17(21)22-5-2)15-10(3)20-14-8-7-11(18)9-13(14)16(15)19/h4,7-9,12H,1,5-6H2,2-3H3. The quantitative estimate of drug-likeness (QED) is 0.564. The molecule has 3 nitrogen and oxygen atoms in total. The normalized spacial score (nSPS) is 12.2. The maximum atomic E-state index is 12.3. The number of allylic oxidation sites excluding steroid dienone is 1. The Morgan fingerprint density at radius 2 is 2.18 bits per heavy atom. The largest absolute Gasteiger partial charge is 0.466 e. The molecule has 0 N–H and O–H groups in total. The van der Waals surface area contributed by atoms with Gasteiger partial charge in [-0.15, -0.1) is 6.58 Å². The Bertz CT molecular complexity index is 728. The van der Waals surface area contributed by atoms with Gasteiger partial charge in [0.2, 0.25) is 0 Å². The van der Waals surface area contributed by atoms with Gasteiger partial charge in [0.1, 0.15) is 0 Å². The third kappa shape index (κ3) is 3.26. The lowest BCUT2D eigenvalue weighted by molar-refractivity contribution is -0.144. The molecule has 1 aromatic heterocycles. The van der Waals surface area contributed by atoms with E-state index >= 15 is 0 Å². The van der Waals surface area contributed by atoms with E-state index in [9.17, 15) is 4.79 Å². The third-order valence-electron chi connectivity index (χ3n) is 3.43. The molecule has 22 heavy (non-hydrogen) atoms. The molecule has 116 valence electrons. The zero-order valence-corrected chi connectivity index (χ0v) is 14.0. The number of carbonyl (C=O) groups excluding carboxylic acids is 1. The molecule has 0 saturated heterocycles. The zero-order chi connectivity index (χ0) is 16.3. The number of aryl methyl sites for hydroxylation is 1. The number of fused-ring (bicyclic) bond motifs is 1. The Morgan fingerprint density at radius 3 is 2.82 bits per heavy atom. The van der Waals surface area contributed by atoms with Gasteiger partial charge in [-0.2, -0.15) is 0 Å². The fourth-order valence-electron chi connectivity index (χ4n) is 2.47. The number of halogens is 2. The molecule has 1 heterocycles. The van der Waals surface area contributed by atoms with Gasteiger partial charge in [-0.3, -0.25) is 9.78 Å². The van der Waals surface area contributed by atoms with E-state index in [1.807, 2.05) is 13.0 Å². The van der Waals surface area contributed by atoms with Crippen LogP contribution in [0.4, 0.5) is 0 Å². The molecule has 2 rings (SSSR count). The van der Waals surface area contributed by atoms with Crippen LogP contribution in [0.25, 0.3) is 10.9 Å². The van der Waals surface area contributed by atoms with Crippen LogP contribution in [0.5, 0.6) is 0 Å². The number of carbonyl (C=O) groups is 1. The summed E-state index contributed by atoms with van der Waals surface area (Å²) in [5.74, 6) is -0.837. The molecule has 0 aliphatic heterocycles. The maximum Gasteiger partial charge on any atom is 0.313 e. The highest BCUT2D eigenvalue weighted by atomic mass is 35.5. The number of hydrogen-bond donors (Lipinski definition) is 0. The first-order valence-corrected chi connectivity index (χ1v) is 7.78. The van der Waals surface area contributed by atoms with E-state index < -0.39 is 5.92 Å². The average molecular weight is 338 g/mol. The van der Waals surface area contributed by atoms with Crippen LogP contribution >= 0.6 is 23.2 Å². The van der Waals surface area contributed by atoms with Crippen molar-refractivity contribution < 1.29 is 9.53 Å². The molecule has 0 saturated carbocycles. The molecule has 2 aromatic rings. The number of esters is 1.